The Kier molecular flexibility index (Phi) is 12.9. The molecule has 5 N–H and O–H groups in total. The Morgan fingerprint density at radius 2 is 1.75 bits per heavy atom. The van der Waals surface area contributed by atoms with Gasteiger partial charge in [-0.1, -0.05) is 6.92 Å². The van der Waals surface area contributed by atoms with Crippen LogP contribution in [0.15, 0.2) is 0 Å². The van der Waals surface area contributed by atoms with Gasteiger partial charge in [0.2, 0.25) is 0 Å². The number of thiol groups is 1. The summed E-state index contributed by atoms with van der Waals surface area (Å²) >= 11 is 3.92. The van der Waals surface area contributed by atoms with Crippen LogP contribution in [0.3, 0.4) is 0 Å². The van der Waals surface area contributed by atoms with E-state index in [1.807, 2.05) is 0 Å². The van der Waals surface area contributed by atoms with E-state index in [1.54, 1.807) is 0 Å². The van der Waals surface area contributed by atoms with Crippen molar-refractivity contribution in [1.82, 2.24) is 0 Å². The van der Waals surface area contributed by atoms with Gasteiger partial charge < -0.3 is 11.5 Å². The molecular formula is C4H13N3S. The molecule has 0 spiro atoms. The third kappa shape index (κ3) is 312. The first-order valence-corrected chi connectivity index (χ1v) is 2.98. The third-order valence-electron chi connectivity index (χ3n) is 0.224. The molecule has 0 aromatic rings. The highest BCUT2D eigenvalue weighted by Crippen LogP contribution is 1.74. The number of nitrogens with two attached hydrogens (primary N) is 2. The molecule has 4 heteroatoms. The van der Waals surface area contributed by atoms with Gasteiger partial charge in [0, 0.05) is 0 Å². The molecule has 0 saturated heterocycles. The van der Waals surface area contributed by atoms with E-state index in [4.69, 9.17) is 5.41 Å². The van der Waals surface area contributed by atoms with Gasteiger partial charge in [-0.25, -0.2) is 0 Å². The molecule has 0 aliphatic heterocycles. The van der Waals surface area contributed by atoms with Crippen LogP contribution >= 0.6 is 12.6 Å². The number of rotatable bonds is 1. The van der Waals surface area contributed by atoms with E-state index in [2.05, 4.69) is 31.0 Å². The van der Waals surface area contributed by atoms with E-state index < -0.39 is 0 Å². The van der Waals surface area contributed by atoms with Crippen molar-refractivity contribution in [2.45, 2.75) is 13.3 Å². The predicted octanol–water partition coefficient (Wildman–Crippen LogP) is 0.165. The predicted molar refractivity (Wildman–Crippen MR) is 40.2 cm³/mol. The minimum atomic E-state index is -0.333. The van der Waals surface area contributed by atoms with Crippen molar-refractivity contribution in [3.8, 4) is 0 Å². The van der Waals surface area contributed by atoms with Crippen LogP contribution in [0.4, 0.5) is 0 Å². The average molecular weight is 135 g/mol. The molecule has 50 valence electrons. The van der Waals surface area contributed by atoms with Crippen molar-refractivity contribution in [3.05, 3.63) is 0 Å². The fourth-order valence-corrected chi connectivity index (χ4v) is 0. The number of hydrogen-bond acceptors (Lipinski definition) is 2. The smallest absolute Gasteiger partial charge is 0.183 e. The normalized spacial score (nSPS) is 6.75. The molecule has 0 bridgehead atoms. The van der Waals surface area contributed by atoms with Crippen molar-refractivity contribution in [2.75, 3.05) is 5.75 Å². The van der Waals surface area contributed by atoms with Gasteiger partial charge in [-0.15, -0.1) is 0 Å². The summed E-state index contributed by atoms with van der Waals surface area (Å²) in [6.07, 6.45) is 1.18. The zero-order chi connectivity index (χ0) is 6.99. The third-order valence-corrected chi connectivity index (χ3v) is 0.671. The number of hydrogen-bond donors (Lipinski definition) is 4. The first-order valence-electron chi connectivity index (χ1n) is 2.35. The van der Waals surface area contributed by atoms with Crippen LogP contribution in [0.5, 0.6) is 0 Å². The van der Waals surface area contributed by atoms with Crippen molar-refractivity contribution in [3.63, 3.8) is 0 Å². The Labute approximate surface area is 55.4 Å². The van der Waals surface area contributed by atoms with Crippen molar-refractivity contribution in [1.29, 1.82) is 5.41 Å². The van der Waals surface area contributed by atoms with Gasteiger partial charge in [-0.2, -0.15) is 12.6 Å². The highest BCUT2D eigenvalue weighted by molar-refractivity contribution is 7.80. The minimum Gasteiger partial charge on any atom is -0.370 e. The summed E-state index contributed by atoms with van der Waals surface area (Å²) in [5, 5.41) is 6.06. The zero-order valence-electron chi connectivity index (χ0n) is 5.02. The molecule has 0 aliphatic rings. The topological polar surface area (TPSA) is 75.9 Å². The van der Waals surface area contributed by atoms with Crippen LogP contribution in [-0.2, 0) is 0 Å². The summed E-state index contributed by atoms with van der Waals surface area (Å²) in [4.78, 5) is 0. The van der Waals surface area contributed by atoms with Gasteiger partial charge >= 0.3 is 0 Å². The standard InChI is InChI=1S/C3H8S.CH5N3/c1-2-3-4;2-1(3)4/h4H,2-3H2,1H3;(H5,2,3,4). The minimum absolute atomic E-state index is 0.333. The lowest BCUT2D eigenvalue weighted by Crippen LogP contribution is -2.20. The quantitative estimate of drug-likeness (QED) is 0.235. The van der Waals surface area contributed by atoms with E-state index in [-0.39, 0.29) is 5.96 Å². The number of nitrogens with one attached hydrogen (secondary N) is 1. The maximum atomic E-state index is 6.06. The van der Waals surface area contributed by atoms with E-state index >= 15 is 0 Å². The van der Waals surface area contributed by atoms with Gasteiger partial charge in [-0.3, -0.25) is 5.41 Å². The largest absolute Gasteiger partial charge is 0.370 e. The average Bonchev–Trinajstić information content (AvgIpc) is 1.65. The fraction of sp³-hybridized carbons (Fsp3) is 0.750. The van der Waals surface area contributed by atoms with Crippen molar-refractivity contribution >= 4 is 18.6 Å². The summed E-state index contributed by atoms with van der Waals surface area (Å²) in [7, 11) is 0. The SMILES string of the molecule is CCCS.N=C(N)N. The van der Waals surface area contributed by atoms with Crippen LogP contribution in [0.25, 0.3) is 0 Å². The summed E-state index contributed by atoms with van der Waals surface area (Å²) in [5.74, 6) is 0.681. The molecule has 0 atom stereocenters. The second kappa shape index (κ2) is 9.80. The molecule has 0 aromatic heterocycles. The molecule has 0 aromatic carbocycles. The van der Waals surface area contributed by atoms with E-state index in [0.717, 1.165) is 5.75 Å². The van der Waals surface area contributed by atoms with Crippen LogP contribution in [0.1, 0.15) is 13.3 Å². The van der Waals surface area contributed by atoms with Gasteiger partial charge in [-0.05, 0) is 12.2 Å². The lowest BCUT2D eigenvalue weighted by molar-refractivity contribution is 1.11. The molecule has 8 heavy (non-hydrogen) atoms. The van der Waals surface area contributed by atoms with Gasteiger partial charge in [0.15, 0.2) is 5.96 Å². The van der Waals surface area contributed by atoms with Crippen LogP contribution < -0.4 is 11.5 Å². The first kappa shape index (κ1) is 10.6. The summed E-state index contributed by atoms with van der Waals surface area (Å²) in [6, 6.07) is 0. The lowest BCUT2D eigenvalue weighted by atomic mass is 10.6. The van der Waals surface area contributed by atoms with Crippen molar-refractivity contribution < 1.29 is 0 Å². The molecule has 0 rings (SSSR count). The molecule has 3 nitrogen and oxygen atoms in total. The van der Waals surface area contributed by atoms with E-state index in [1.165, 1.54) is 6.42 Å². The van der Waals surface area contributed by atoms with E-state index in [9.17, 15) is 0 Å². The molecule has 0 heterocycles. The summed E-state index contributed by atoms with van der Waals surface area (Å²) < 4.78 is 0. The zero-order valence-corrected chi connectivity index (χ0v) is 5.91. The second-order valence-electron chi connectivity index (χ2n) is 1.18. The van der Waals surface area contributed by atoms with Gasteiger partial charge in [0.25, 0.3) is 0 Å². The lowest BCUT2D eigenvalue weighted by Gasteiger charge is -1.69. The maximum absolute atomic E-state index is 6.06. The first-order chi connectivity index (χ1) is 3.65. The molecule has 0 amide bonds. The molecule has 0 fully saturated rings. The van der Waals surface area contributed by atoms with Gasteiger partial charge in [0.1, 0.15) is 0 Å². The molecular weight excluding hydrogens is 122 g/mol. The maximum Gasteiger partial charge on any atom is 0.183 e. The Bertz CT molecular complexity index is 49.2. The van der Waals surface area contributed by atoms with Crippen LogP contribution in [-0.4, -0.2) is 11.7 Å². The highest BCUT2D eigenvalue weighted by atomic mass is 32.1. The van der Waals surface area contributed by atoms with Gasteiger partial charge in [0.05, 0.1) is 0 Å². The Hall–Kier alpha value is -0.380. The highest BCUT2D eigenvalue weighted by Gasteiger charge is 1.57. The van der Waals surface area contributed by atoms with Crippen LogP contribution in [0, 0.1) is 5.41 Å². The summed E-state index contributed by atoms with van der Waals surface area (Å²) in [5.41, 5.74) is 8.94. The molecule has 0 aliphatic carbocycles. The number of guanidine groups is 1. The Balaban J connectivity index is 0. The fourth-order valence-electron chi connectivity index (χ4n) is 0. The molecule has 0 unspecified atom stereocenters. The monoisotopic (exact) mass is 135 g/mol. The Morgan fingerprint density at radius 1 is 1.62 bits per heavy atom. The van der Waals surface area contributed by atoms with Crippen LogP contribution in [0.2, 0.25) is 0 Å². The van der Waals surface area contributed by atoms with E-state index in [0.29, 0.717) is 0 Å². The van der Waals surface area contributed by atoms with Crippen molar-refractivity contribution in [2.24, 2.45) is 11.5 Å². The molecule has 0 radical (unpaired) electrons. The Morgan fingerprint density at radius 3 is 1.75 bits per heavy atom. The molecule has 0 saturated carbocycles. The second-order valence-corrected chi connectivity index (χ2v) is 1.63. The summed E-state index contributed by atoms with van der Waals surface area (Å²) in [6.45, 7) is 2.10.